The van der Waals surface area contributed by atoms with Crippen LogP contribution >= 0.6 is 0 Å². The highest BCUT2D eigenvalue weighted by molar-refractivity contribution is 6.01. The van der Waals surface area contributed by atoms with Gasteiger partial charge in [0.25, 0.3) is 5.91 Å². The van der Waals surface area contributed by atoms with Crippen LogP contribution in [0.5, 0.6) is 0 Å². The first-order valence-electron chi connectivity index (χ1n) is 4.77. The van der Waals surface area contributed by atoms with Crippen molar-refractivity contribution >= 4 is 5.91 Å². The number of halogens is 2. The van der Waals surface area contributed by atoms with Crippen molar-refractivity contribution in [2.45, 2.75) is 13.8 Å². The van der Waals surface area contributed by atoms with Gasteiger partial charge in [0.15, 0.2) is 0 Å². The fourth-order valence-corrected chi connectivity index (χ4v) is 1.52. The molecule has 82 valence electrons. The van der Waals surface area contributed by atoms with Crippen LogP contribution < -0.4 is 0 Å². The van der Waals surface area contributed by atoms with E-state index in [1.165, 1.54) is 17.9 Å². The standard InChI is InChI=1S/C11H13F2NO/c1-3-9(13)10-8(5-6-12)7-14(4-2)11(10)15/h3,5-6H,4,7H2,1-2H3. The summed E-state index contributed by atoms with van der Waals surface area (Å²) in [6.45, 7) is 4.06. The van der Waals surface area contributed by atoms with Gasteiger partial charge in [-0.3, -0.25) is 4.79 Å². The Labute approximate surface area is 87.6 Å². The van der Waals surface area contributed by atoms with E-state index in [-0.39, 0.29) is 18.0 Å². The second-order valence-corrected chi connectivity index (χ2v) is 3.15. The van der Waals surface area contributed by atoms with Crippen molar-refractivity contribution < 1.29 is 13.6 Å². The minimum Gasteiger partial charge on any atom is -0.334 e. The molecule has 1 rings (SSSR count). The summed E-state index contributed by atoms with van der Waals surface area (Å²) >= 11 is 0. The Morgan fingerprint density at radius 2 is 2.27 bits per heavy atom. The van der Waals surface area contributed by atoms with E-state index in [0.29, 0.717) is 18.4 Å². The summed E-state index contributed by atoms with van der Waals surface area (Å²) in [5.41, 5.74) is 0.369. The molecule has 0 fully saturated rings. The molecule has 0 saturated carbocycles. The Bertz CT molecular complexity index is 356. The maximum atomic E-state index is 13.4. The molecule has 0 atom stereocenters. The summed E-state index contributed by atoms with van der Waals surface area (Å²) in [6.07, 6.45) is 2.66. The third-order valence-corrected chi connectivity index (χ3v) is 2.32. The quantitative estimate of drug-likeness (QED) is 0.705. The second-order valence-electron chi connectivity index (χ2n) is 3.15. The third-order valence-electron chi connectivity index (χ3n) is 2.32. The van der Waals surface area contributed by atoms with Gasteiger partial charge < -0.3 is 4.90 Å². The van der Waals surface area contributed by atoms with Crippen LogP contribution in [0.25, 0.3) is 0 Å². The summed E-state index contributed by atoms with van der Waals surface area (Å²) in [5.74, 6) is -0.967. The van der Waals surface area contributed by atoms with Crippen molar-refractivity contribution in [3.05, 3.63) is 35.5 Å². The number of hydrogen-bond donors (Lipinski definition) is 0. The van der Waals surface area contributed by atoms with Gasteiger partial charge in [-0.05, 0) is 25.5 Å². The Morgan fingerprint density at radius 3 is 2.73 bits per heavy atom. The summed E-state index contributed by atoms with van der Waals surface area (Å²) in [7, 11) is 0. The molecular formula is C11H13F2NO. The third kappa shape index (κ3) is 2.14. The predicted octanol–water partition coefficient (Wildman–Crippen LogP) is 2.50. The van der Waals surface area contributed by atoms with E-state index in [2.05, 4.69) is 0 Å². The highest BCUT2D eigenvalue weighted by atomic mass is 19.1. The number of carbonyl (C=O) groups is 1. The van der Waals surface area contributed by atoms with E-state index in [1.807, 2.05) is 0 Å². The second kappa shape index (κ2) is 4.87. The van der Waals surface area contributed by atoms with Crippen molar-refractivity contribution in [3.8, 4) is 0 Å². The van der Waals surface area contributed by atoms with Crippen molar-refractivity contribution in [2.75, 3.05) is 13.1 Å². The Hall–Kier alpha value is -1.45. The molecule has 0 radical (unpaired) electrons. The first-order valence-corrected chi connectivity index (χ1v) is 4.77. The molecule has 1 aliphatic heterocycles. The van der Waals surface area contributed by atoms with Crippen molar-refractivity contribution in [1.29, 1.82) is 0 Å². The zero-order chi connectivity index (χ0) is 11.4. The van der Waals surface area contributed by atoms with E-state index >= 15 is 0 Å². The predicted molar refractivity (Wildman–Crippen MR) is 54.4 cm³/mol. The normalized spacial score (nSPS) is 18.5. The lowest BCUT2D eigenvalue weighted by Crippen LogP contribution is -2.26. The maximum absolute atomic E-state index is 13.4. The van der Waals surface area contributed by atoms with Gasteiger partial charge in [-0.2, -0.15) is 0 Å². The van der Waals surface area contributed by atoms with E-state index in [4.69, 9.17) is 0 Å². The molecule has 0 saturated heterocycles. The molecule has 1 heterocycles. The van der Waals surface area contributed by atoms with Crippen LogP contribution in [-0.4, -0.2) is 23.9 Å². The molecule has 0 aromatic carbocycles. The summed E-state index contributed by atoms with van der Waals surface area (Å²) in [4.78, 5) is 13.1. The molecule has 1 aliphatic rings. The molecule has 15 heavy (non-hydrogen) atoms. The molecule has 0 N–H and O–H groups in total. The van der Waals surface area contributed by atoms with Crippen LogP contribution in [0, 0.1) is 0 Å². The summed E-state index contributed by atoms with van der Waals surface area (Å²) in [5, 5.41) is 0. The first-order chi connectivity index (χ1) is 7.15. The monoisotopic (exact) mass is 213 g/mol. The molecule has 0 bridgehead atoms. The largest absolute Gasteiger partial charge is 0.334 e. The number of allylic oxidation sites excluding steroid dienone is 1. The number of nitrogens with zero attached hydrogens (tertiary/aromatic N) is 1. The van der Waals surface area contributed by atoms with Crippen LogP contribution in [0.3, 0.4) is 0 Å². The van der Waals surface area contributed by atoms with Gasteiger partial charge in [0, 0.05) is 13.1 Å². The van der Waals surface area contributed by atoms with Crippen molar-refractivity contribution in [3.63, 3.8) is 0 Å². The van der Waals surface area contributed by atoms with Crippen LogP contribution in [-0.2, 0) is 4.79 Å². The van der Waals surface area contributed by atoms with Crippen LogP contribution in [0.2, 0.25) is 0 Å². The molecule has 0 aromatic rings. The van der Waals surface area contributed by atoms with E-state index in [0.717, 1.165) is 6.08 Å². The van der Waals surface area contributed by atoms with Gasteiger partial charge in [-0.1, -0.05) is 6.08 Å². The molecule has 4 heteroatoms. The van der Waals surface area contributed by atoms with E-state index < -0.39 is 5.83 Å². The lowest BCUT2D eigenvalue weighted by Gasteiger charge is -2.12. The summed E-state index contributed by atoms with van der Waals surface area (Å²) < 4.78 is 25.4. The first kappa shape index (κ1) is 11.6. The molecule has 0 spiro atoms. The topological polar surface area (TPSA) is 20.3 Å². The van der Waals surface area contributed by atoms with E-state index in [1.54, 1.807) is 6.92 Å². The van der Waals surface area contributed by atoms with Crippen molar-refractivity contribution in [2.24, 2.45) is 0 Å². The van der Waals surface area contributed by atoms with Gasteiger partial charge in [0.2, 0.25) is 0 Å². The summed E-state index contributed by atoms with van der Waals surface area (Å²) in [6, 6.07) is 0. The highest BCUT2D eigenvalue weighted by Crippen LogP contribution is 2.26. The lowest BCUT2D eigenvalue weighted by molar-refractivity contribution is -0.125. The van der Waals surface area contributed by atoms with Crippen LogP contribution in [0.4, 0.5) is 8.78 Å². The zero-order valence-corrected chi connectivity index (χ0v) is 8.76. The molecule has 0 aromatic heterocycles. The van der Waals surface area contributed by atoms with Gasteiger partial charge in [0.1, 0.15) is 5.83 Å². The molecule has 1 amide bonds. The van der Waals surface area contributed by atoms with E-state index in [9.17, 15) is 13.6 Å². The van der Waals surface area contributed by atoms with Gasteiger partial charge in [-0.25, -0.2) is 8.78 Å². The zero-order valence-electron chi connectivity index (χ0n) is 8.76. The van der Waals surface area contributed by atoms with Crippen molar-refractivity contribution in [1.82, 2.24) is 4.90 Å². The lowest BCUT2D eigenvalue weighted by atomic mass is 10.1. The van der Waals surface area contributed by atoms with Gasteiger partial charge in [-0.15, -0.1) is 0 Å². The SMILES string of the molecule is CC=C(F)C1=C(C=CF)CN(CC)C1=O. The number of amides is 1. The van der Waals surface area contributed by atoms with Crippen LogP contribution in [0.1, 0.15) is 13.8 Å². The number of carbonyl (C=O) groups excluding carboxylic acids is 1. The minimum absolute atomic E-state index is 0.0201. The Kier molecular flexibility index (Phi) is 3.77. The average molecular weight is 213 g/mol. The molecular weight excluding hydrogens is 200 g/mol. The maximum Gasteiger partial charge on any atom is 0.257 e. The molecule has 0 unspecified atom stereocenters. The Morgan fingerprint density at radius 1 is 1.60 bits per heavy atom. The number of rotatable bonds is 3. The fourth-order valence-electron chi connectivity index (χ4n) is 1.52. The van der Waals surface area contributed by atoms with Gasteiger partial charge >= 0.3 is 0 Å². The number of hydrogen-bond acceptors (Lipinski definition) is 1. The van der Waals surface area contributed by atoms with Gasteiger partial charge in [0.05, 0.1) is 11.9 Å². The number of likely N-dealkylation sites (N-methyl/N-ethyl adjacent to an activating group) is 1. The minimum atomic E-state index is -0.593. The average Bonchev–Trinajstić information content (AvgIpc) is 2.55. The smallest absolute Gasteiger partial charge is 0.257 e. The molecule has 0 aliphatic carbocycles. The Balaban J connectivity index is 3.12. The molecule has 2 nitrogen and oxygen atoms in total. The highest BCUT2D eigenvalue weighted by Gasteiger charge is 2.30. The van der Waals surface area contributed by atoms with Crippen LogP contribution in [0.15, 0.2) is 35.5 Å². The fraction of sp³-hybridized carbons (Fsp3) is 0.364.